The lowest BCUT2D eigenvalue weighted by Crippen LogP contribution is -2.27. The Morgan fingerprint density at radius 3 is 0.969 bits per heavy atom. The van der Waals surface area contributed by atoms with Gasteiger partial charge in [-0.1, -0.05) is 77.2 Å². The molecule has 0 amide bonds. The summed E-state index contributed by atoms with van der Waals surface area (Å²) in [6, 6.07) is 0. The van der Waals surface area contributed by atoms with Crippen LogP contribution in [0.1, 0.15) is 97.9 Å². The Hall–Kier alpha value is -2.03. The quantitative estimate of drug-likeness (QED) is 0.228. The van der Waals surface area contributed by atoms with Crippen molar-refractivity contribution in [3.05, 3.63) is 0 Å². The summed E-state index contributed by atoms with van der Waals surface area (Å²) < 4.78 is 0. The fraction of sp³-hybridized carbons (Fsp3) is 0.870. The predicted octanol–water partition coefficient (Wildman–Crippen LogP) is 3.60. The molecule has 0 spiro atoms. The third-order valence-electron chi connectivity index (χ3n) is 2.62. The molecule has 0 radical (unpaired) electrons. The number of amidine groups is 1. The lowest BCUT2D eigenvalue weighted by atomic mass is 9.96. The number of nitrogens with zero attached hydrogens (tertiary/aromatic N) is 2. The molecule has 0 aromatic heterocycles. The molecule has 0 saturated carbocycles. The van der Waals surface area contributed by atoms with Crippen molar-refractivity contribution in [2.75, 3.05) is 13.1 Å². The van der Waals surface area contributed by atoms with Crippen molar-refractivity contribution < 1.29 is 0 Å². The van der Waals surface area contributed by atoms with Crippen LogP contribution in [-0.2, 0) is 0 Å². The summed E-state index contributed by atoms with van der Waals surface area (Å²) in [7, 11) is 0. The van der Waals surface area contributed by atoms with E-state index in [0.29, 0.717) is 12.0 Å². The standard InChI is InChI=1S/C6H15N3.C5H13N3.C5H12N2.C5H13N.2CH4/c1-6(2,3)4-9-5(7)8;1-5(2,3)8-4(6)7;1-5(2,3)4(6)7;1-5(2,3)4-6;;/h4H2,1-3H3,(H4,7,8,9);1-3H3,(H4,6,7,8);1-3H3,(H3,6,7);4,6H2,1-3H3;2*1H4. The highest BCUT2D eigenvalue weighted by molar-refractivity contribution is 5.82. The van der Waals surface area contributed by atoms with Gasteiger partial charge in [0.1, 0.15) is 0 Å². The lowest BCUT2D eigenvalue weighted by molar-refractivity contribution is 0.428. The highest BCUT2D eigenvalue weighted by Gasteiger charge is 2.12. The minimum absolute atomic E-state index is 0. The van der Waals surface area contributed by atoms with E-state index >= 15 is 0 Å². The molecule has 0 fully saturated rings. The Bertz CT molecular complexity index is 502. The maximum atomic E-state index is 6.92. The van der Waals surface area contributed by atoms with E-state index in [-0.39, 0.29) is 49.0 Å². The van der Waals surface area contributed by atoms with Crippen molar-refractivity contribution in [2.24, 2.45) is 60.6 Å². The molecule has 9 nitrogen and oxygen atoms in total. The summed E-state index contributed by atoms with van der Waals surface area (Å²) in [5.41, 5.74) is 31.2. The van der Waals surface area contributed by atoms with Crippen LogP contribution >= 0.6 is 0 Å². The van der Waals surface area contributed by atoms with Gasteiger partial charge in [-0.25, -0.2) is 4.99 Å². The smallest absolute Gasteiger partial charge is 0.186 e. The first-order valence-electron chi connectivity index (χ1n) is 10.0. The minimum atomic E-state index is -0.140. The number of hydrogen-bond donors (Lipinski definition) is 7. The highest BCUT2D eigenvalue weighted by atomic mass is 15.0. The van der Waals surface area contributed by atoms with E-state index in [1.165, 1.54) is 0 Å². The van der Waals surface area contributed by atoms with Crippen molar-refractivity contribution in [1.29, 1.82) is 5.41 Å². The molecule has 0 aliphatic heterocycles. The lowest BCUT2D eigenvalue weighted by Gasteiger charge is -2.14. The van der Waals surface area contributed by atoms with Gasteiger partial charge in [0.15, 0.2) is 11.9 Å². The molecule has 9 heteroatoms. The van der Waals surface area contributed by atoms with E-state index in [2.05, 4.69) is 51.5 Å². The largest absolute Gasteiger partial charge is 0.387 e. The number of nitrogens with one attached hydrogen (secondary N) is 1. The Balaban J connectivity index is -0.0000000697. The van der Waals surface area contributed by atoms with Gasteiger partial charge in [-0.15, -0.1) is 0 Å². The van der Waals surface area contributed by atoms with Gasteiger partial charge in [0.2, 0.25) is 0 Å². The van der Waals surface area contributed by atoms with Crippen LogP contribution in [0.4, 0.5) is 0 Å². The van der Waals surface area contributed by atoms with Crippen molar-refractivity contribution in [2.45, 2.75) is 103 Å². The maximum absolute atomic E-state index is 6.92. The van der Waals surface area contributed by atoms with Crippen LogP contribution in [-0.4, -0.2) is 36.4 Å². The monoisotopic (exact) mass is 464 g/mol. The van der Waals surface area contributed by atoms with Crippen LogP contribution in [0.2, 0.25) is 0 Å². The van der Waals surface area contributed by atoms with Gasteiger partial charge < -0.3 is 34.4 Å². The van der Waals surface area contributed by atoms with Crippen LogP contribution in [0.15, 0.2) is 9.98 Å². The van der Waals surface area contributed by atoms with E-state index in [4.69, 9.17) is 39.8 Å². The number of rotatable bonds is 1. The van der Waals surface area contributed by atoms with Gasteiger partial charge in [0.05, 0.1) is 11.4 Å². The predicted molar refractivity (Wildman–Crippen MR) is 149 cm³/mol. The van der Waals surface area contributed by atoms with Gasteiger partial charge in [-0.3, -0.25) is 10.4 Å². The molecule has 0 aliphatic rings. The topological polar surface area (TPSA) is 205 Å². The molecule has 0 aromatic carbocycles. The fourth-order valence-electron chi connectivity index (χ4n) is 0.716. The number of nitrogens with two attached hydrogens (primary N) is 6. The molecule has 0 unspecified atom stereocenters. The normalized spacial score (nSPS) is 10.5. The second kappa shape index (κ2) is 18.5. The summed E-state index contributed by atoms with van der Waals surface area (Å²) in [4.78, 5) is 7.75. The van der Waals surface area contributed by atoms with Crippen molar-refractivity contribution in [1.82, 2.24) is 0 Å². The average molecular weight is 464 g/mol. The Morgan fingerprint density at radius 2 is 0.938 bits per heavy atom. The summed E-state index contributed by atoms with van der Waals surface area (Å²) in [6.07, 6.45) is 0. The highest BCUT2D eigenvalue weighted by Crippen LogP contribution is 2.12. The molecule has 0 rings (SSSR count). The Morgan fingerprint density at radius 1 is 0.656 bits per heavy atom. The van der Waals surface area contributed by atoms with Gasteiger partial charge in [-0.05, 0) is 38.1 Å². The van der Waals surface area contributed by atoms with Gasteiger partial charge in [-0.2, -0.15) is 0 Å². The van der Waals surface area contributed by atoms with Crippen LogP contribution in [0.5, 0.6) is 0 Å². The third-order valence-corrected chi connectivity index (χ3v) is 2.62. The first kappa shape index (κ1) is 43.8. The molecule has 0 saturated heterocycles. The van der Waals surface area contributed by atoms with Crippen LogP contribution < -0.4 is 34.4 Å². The second-order valence-electron chi connectivity index (χ2n) is 11.4. The Labute approximate surface area is 200 Å². The molecule has 0 aromatic rings. The van der Waals surface area contributed by atoms with Crippen molar-refractivity contribution in [3.8, 4) is 0 Å². The first-order valence-corrected chi connectivity index (χ1v) is 10.0. The van der Waals surface area contributed by atoms with Crippen molar-refractivity contribution >= 4 is 17.8 Å². The number of guanidine groups is 2. The van der Waals surface area contributed by atoms with Crippen molar-refractivity contribution in [3.63, 3.8) is 0 Å². The van der Waals surface area contributed by atoms with E-state index in [1.807, 2.05) is 41.5 Å². The molecule has 0 atom stereocenters. The zero-order valence-electron chi connectivity index (χ0n) is 21.8. The zero-order valence-corrected chi connectivity index (χ0v) is 21.8. The molecular formula is C23H61N9. The summed E-state index contributed by atoms with van der Waals surface area (Å²) in [5, 5.41) is 6.92. The van der Waals surface area contributed by atoms with Crippen LogP contribution in [0.25, 0.3) is 0 Å². The molecule has 32 heavy (non-hydrogen) atoms. The van der Waals surface area contributed by atoms with Gasteiger partial charge >= 0.3 is 0 Å². The fourth-order valence-corrected chi connectivity index (χ4v) is 0.716. The van der Waals surface area contributed by atoms with Gasteiger partial charge in [0.25, 0.3) is 0 Å². The minimum Gasteiger partial charge on any atom is -0.387 e. The number of aliphatic imine (C=N–C) groups is 2. The molecule has 198 valence electrons. The Kier molecular flexibility index (Phi) is 25.4. The van der Waals surface area contributed by atoms with Crippen LogP contribution in [0.3, 0.4) is 0 Å². The molecule has 0 heterocycles. The van der Waals surface area contributed by atoms with E-state index in [1.54, 1.807) is 0 Å². The first-order chi connectivity index (χ1) is 12.8. The zero-order chi connectivity index (χ0) is 25.6. The third kappa shape index (κ3) is 63.0. The van der Waals surface area contributed by atoms with E-state index in [0.717, 1.165) is 6.54 Å². The molecule has 13 N–H and O–H groups in total. The summed E-state index contributed by atoms with van der Waals surface area (Å²) in [5.74, 6) is 0.565. The van der Waals surface area contributed by atoms with E-state index < -0.39 is 0 Å². The maximum Gasteiger partial charge on any atom is 0.186 e. The SMILES string of the molecule is C.C.CC(C)(C)C(=N)N.CC(C)(C)CN.CC(C)(C)CN=C(N)N.CC(C)(C)N=C(N)N. The molecule has 0 aliphatic carbocycles. The average Bonchev–Trinajstić information content (AvgIpc) is 2.42. The molecule has 0 bridgehead atoms. The van der Waals surface area contributed by atoms with E-state index in [9.17, 15) is 0 Å². The van der Waals surface area contributed by atoms with Gasteiger partial charge in [0, 0.05) is 12.0 Å². The summed E-state index contributed by atoms with van der Waals surface area (Å²) >= 11 is 0. The second-order valence-corrected chi connectivity index (χ2v) is 11.4. The molecular weight excluding hydrogens is 402 g/mol. The number of hydrogen-bond acceptors (Lipinski definition) is 4. The summed E-state index contributed by atoms with van der Waals surface area (Å²) in [6.45, 7) is 25.6. The van der Waals surface area contributed by atoms with Crippen LogP contribution in [0, 0.1) is 21.7 Å².